The number of guanidine groups is 1. The van der Waals surface area contributed by atoms with Crippen molar-refractivity contribution in [1.29, 1.82) is 0 Å². The van der Waals surface area contributed by atoms with Crippen molar-refractivity contribution in [3.05, 3.63) is 29.8 Å². The first-order chi connectivity index (χ1) is 12.7. The lowest BCUT2D eigenvalue weighted by Gasteiger charge is -2.32. The molecule has 0 bridgehead atoms. The van der Waals surface area contributed by atoms with Crippen LogP contribution in [0.5, 0.6) is 5.75 Å². The molecule has 0 aliphatic carbocycles. The molecule has 2 aliphatic rings. The number of aryl methyl sites for hydroxylation is 1. The maximum absolute atomic E-state index is 6.06. The lowest BCUT2D eigenvalue weighted by molar-refractivity contribution is 0.0194. The van der Waals surface area contributed by atoms with Crippen LogP contribution in [0.15, 0.2) is 29.3 Å². The first-order valence-electron chi connectivity index (χ1n) is 9.67. The van der Waals surface area contributed by atoms with Crippen LogP contribution in [0, 0.1) is 6.92 Å². The van der Waals surface area contributed by atoms with Gasteiger partial charge in [0.2, 0.25) is 0 Å². The third kappa shape index (κ3) is 6.22. The van der Waals surface area contributed by atoms with Gasteiger partial charge in [0.1, 0.15) is 11.9 Å². The number of nitrogens with zero attached hydrogens (tertiary/aromatic N) is 3. The molecule has 3 rings (SSSR count). The Hall–Kier alpha value is -1.06. The van der Waals surface area contributed by atoms with Crippen molar-refractivity contribution < 1.29 is 9.47 Å². The lowest BCUT2D eigenvalue weighted by Crippen LogP contribution is -2.47. The van der Waals surface area contributed by atoms with Gasteiger partial charge >= 0.3 is 0 Å². The van der Waals surface area contributed by atoms with E-state index in [1.807, 2.05) is 25.2 Å². The summed E-state index contributed by atoms with van der Waals surface area (Å²) < 4.78 is 11.5. The Morgan fingerprint density at radius 3 is 2.74 bits per heavy atom. The first-order valence-corrected chi connectivity index (χ1v) is 9.67. The Morgan fingerprint density at radius 1 is 1.30 bits per heavy atom. The molecule has 2 fully saturated rings. The molecular weight excluding hydrogens is 455 g/mol. The Bertz CT molecular complexity index is 607. The Balaban J connectivity index is 0.00000261. The maximum Gasteiger partial charge on any atom is 0.193 e. The molecule has 0 amide bonds. The van der Waals surface area contributed by atoms with E-state index in [-0.39, 0.29) is 30.1 Å². The SMILES string of the molecule is CN=C(NCC(C)Oc1ccccc1C)N1CCC(N2CCOCC2)C1.I. The van der Waals surface area contributed by atoms with Crippen LogP contribution in [-0.4, -0.2) is 80.9 Å². The van der Waals surface area contributed by atoms with E-state index < -0.39 is 0 Å². The van der Waals surface area contributed by atoms with Gasteiger partial charge in [-0.3, -0.25) is 9.89 Å². The topological polar surface area (TPSA) is 49.3 Å². The number of para-hydroxylation sites is 1. The summed E-state index contributed by atoms with van der Waals surface area (Å²) in [6, 6.07) is 8.75. The molecule has 6 nitrogen and oxygen atoms in total. The predicted octanol–water partition coefficient (Wildman–Crippen LogP) is 2.36. The third-order valence-corrected chi connectivity index (χ3v) is 5.21. The molecule has 1 aromatic rings. The number of nitrogens with one attached hydrogen (secondary N) is 1. The normalized spacial score (nSPS) is 22.3. The number of hydrogen-bond donors (Lipinski definition) is 1. The molecule has 27 heavy (non-hydrogen) atoms. The number of hydrogen-bond acceptors (Lipinski definition) is 4. The van der Waals surface area contributed by atoms with Gasteiger partial charge in [0.25, 0.3) is 0 Å². The molecule has 7 heteroatoms. The van der Waals surface area contributed by atoms with Crippen LogP contribution in [0.2, 0.25) is 0 Å². The summed E-state index contributed by atoms with van der Waals surface area (Å²) in [5.74, 6) is 1.92. The van der Waals surface area contributed by atoms with Crippen molar-refractivity contribution in [3.63, 3.8) is 0 Å². The van der Waals surface area contributed by atoms with E-state index in [1.165, 1.54) is 6.42 Å². The largest absolute Gasteiger partial charge is 0.489 e. The van der Waals surface area contributed by atoms with E-state index in [1.54, 1.807) is 0 Å². The average Bonchev–Trinajstić information content (AvgIpc) is 3.15. The van der Waals surface area contributed by atoms with E-state index in [0.29, 0.717) is 6.04 Å². The number of rotatable bonds is 5. The minimum absolute atomic E-state index is 0. The minimum atomic E-state index is 0. The van der Waals surface area contributed by atoms with E-state index in [0.717, 1.165) is 63.2 Å². The first kappa shape index (κ1) is 22.2. The van der Waals surface area contributed by atoms with Gasteiger partial charge in [-0.05, 0) is 31.9 Å². The molecule has 0 saturated carbocycles. The second kappa shape index (κ2) is 11.1. The number of ether oxygens (including phenoxy) is 2. The highest BCUT2D eigenvalue weighted by atomic mass is 127. The number of morpholine rings is 1. The number of aliphatic imine (C=N–C) groups is 1. The van der Waals surface area contributed by atoms with Crippen LogP contribution >= 0.6 is 24.0 Å². The van der Waals surface area contributed by atoms with E-state index in [4.69, 9.17) is 9.47 Å². The fourth-order valence-electron chi connectivity index (χ4n) is 3.69. The summed E-state index contributed by atoms with van der Waals surface area (Å²) in [5, 5.41) is 3.48. The Morgan fingerprint density at radius 2 is 2.04 bits per heavy atom. The Labute approximate surface area is 180 Å². The van der Waals surface area contributed by atoms with Gasteiger partial charge in [-0.25, -0.2) is 0 Å². The third-order valence-electron chi connectivity index (χ3n) is 5.21. The van der Waals surface area contributed by atoms with Gasteiger partial charge in [0, 0.05) is 39.3 Å². The zero-order valence-electron chi connectivity index (χ0n) is 16.7. The van der Waals surface area contributed by atoms with E-state index in [2.05, 4.69) is 40.0 Å². The molecule has 2 aliphatic heterocycles. The van der Waals surface area contributed by atoms with Gasteiger partial charge in [0.15, 0.2) is 5.96 Å². The van der Waals surface area contributed by atoms with Crippen LogP contribution in [0.25, 0.3) is 0 Å². The average molecular weight is 488 g/mol. The quantitative estimate of drug-likeness (QED) is 0.392. The van der Waals surface area contributed by atoms with Gasteiger partial charge in [-0.2, -0.15) is 0 Å². The fraction of sp³-hybridized carbons (Fsp3) is 0.650. The molecular formula is C20H33IN4O2. The van der Waals surface area contributed by atoms with Crippen LogP contribution in [0.4, 0.5) is 0 Å². The monoisotopic (exact) mass is 488 g/mol. The standard InChI is InChI=1S/C20H32N4O2.HI/c1-16-6-4-5-7-19(16)26-17(2)14-22-20(21-3)24-9-8-18(15-24)23-10-12-25-13-11-23;/h4-7,17-18H,8-15H2,1-3H3,(H,21,22);1H. The van der Waals surface area contributed by atoms with Crippen molar-refractivity contribution in [2.24, 2.45) is 4.99 Å². The van der Waals surface area contributed by atoms with Gasteiger partial charge < -0.3 is 19.7 Å². The molecule has 1 N–H and O–H groups in total. The zero-order valence-corrected chi connectivity index (χ0v) is 19.0. The molecule has 0 radical (unpaired) electrons. The molecule has 0 spiro atoms. The van der Waals surface area contributed by atoms with Crippen molar-refractivity contribution in [2.75, 3.05) is 53.0 Å². The van der Waals surface area contributed by atoms with Gasteiger partial charge in [-0.15, -0.1) is 24.0 Å². The summed E-state index contributed by atoms with van der Waals surface area (Å²) in [6.45, 7) is 10.8. The van der Waals surface area contributed by atoms with Gasteiger partial charge in [0.05, 0.1) is 19.8 Å². The highest BCUT2D eigenvalue weighted by Gasteiger charge is 2.30. The summed E-state index contributed by atoms with van der Waals surface area (Å²) in [5.41, 5.74) is 1.16. The highest BCUT2D eigenvalue weighted by molar-refractivity contribution is 14.0. The van der Waals surface area contributed by atoms with Crippen LogP contribution in [-0.2, 0) is 4.74 Å². The van der Waals surface area contributed by atoms with Crippen molar-refractivity contribution in [1.82, 2.24) is 15.1 Å². The van der Waals surface area contributed by atoms with Crippen LogP contribution in [0.1, 0.15) is 18.9 Å². The minimum Gasteiger partial charge on any atom is -0.489 e. The molecule has 2 heterocycles. The summed E-state index contributed by atoms with van der Waals surface area (Å²) in [4.78, 5) is 9.40. The fourth-order valence-corrected chi connectivity index (χ4v) is 3.69. The Kier molecular flexibility index (Phi) is 9.11. The smallest absolute Gasteiger partial charge is 0.193 e. The second-order valence-electron chi connectivity index (χ2n) is 7.16. The van der Waals surface area contributed by atoms with Crippen molar-refractivity contribution >= 4 is 29.9 Å². The number of halogens is 1. The van der Waals surface area contributed by atoms with Gasteiger partial charge in [-0.1, -0.05) is 18.2 Å². The second-order valence-corrected chi connectivity index (χ2v) is 7.16. The van der Waals surface area contributed by atoms with Crippen molar-refractivity contribution in [2.45, 2.75) is 32.4 Å². The van der Waals surface area contributed by atoms with E-state index in [9.17, 15) is 0 Å². The van der Waals surface area contributed by atoms with Crippen molar-refractivity contribution in [3.8, 4) is 5.75 Å². The molecule has 2 atom stereocenters. The summed E-state index contributed by atoms with van der Waals surface area (Å²) in [6.07, 6.45) is 1.26. The van der Waals surface area contributed by atoms with Crippen LogP contribution < -0.4 is 10.1 Å². The molecule has 2 unspecified atom stereocenters. The molecule has 2 saturated heterocycles. The van der Waals surface area contributed by atoms with Crippen LogP contribution in [0.3, 0.4) is 0 Å². The molecule has 152 valence electrons. The lowest BCUT2D eigenvalue weighted by atomic mass is 10.2. The number of benzene rings is 1. The summed E-state index contributed by atoms with van der Waals surface area (Å²) in [7, 11) is 1.86. The van der Waals surface area contributed by atoms with E-state index >= 15 is 0 Å². The highest BCUT2D eigenvalue weighted by Crippen LogP contribution is 2.18. The zero-order chi connectivity index (χ0) is 18.4. The maximum atomic E-state index is 6.06. The molecule has 0 aromatic heterocycles. The predicted molar refractivity (Wildman–Crippen MR) is 120 cm³/mol. The molecule has 1 aromatic carbocycles. The summed E-state index contributed by atoms with van der Waals surface area (Å²) >= 11 is 0. The number of likely N-dealkylation sites (tertiary alicyclic amines) is 1.